The normalized spacial score (nSPS) is 16.4. The van der Waals surface area contributed by atoms with Crippen LogP contribution in [0.25, 0.3) is 0 Å². The molecule has 0 aromatic heterocycles. The molecule has 6 heteroatoms. The quantitative estimate of drug-likeness (QED) is 0.852. The Morgan fingerprint density at radius 3 is 2.28 bits per heavy atom. The van der Waals surface area contributed by atoms with Gasteiger partial charge in [-0.1, -0.05) is 0 Å². The van der Waals surface area contributed by atoms with Crippen molar-refractivity contribution in [2.45, 2.75) is 25.9 Å². The highest BCUT2D eigenvalue weighted by Gasteiger charge is 2.29. The number of amides is 1. The Morgan fingerprint density at radius 1 is 1.04 bits per heavy atom. The molecule has 25 heavy (non-hydrogen) atoms. The number of rotatable bonds is 3. The summed E-state index contributed by atoms with van der Waals surface area (Å²) in [7, 11) is 3.13. The van der Waals surface area contributed by atoms with Crippen molar-refractivity contribution in [1.82, 2.24) is 4.90 Å². The van der Waals surface area contributed by atoms with E-state index in [1.165, 1.54) is 6.07 Å². The number of carbonyl (C=O) groups excluding carboxylic acids is 1. The summed E-state index contributed by atoms with van der Waals surface area (Å²) in [6.45, 7) is 2.30. The van der Waals surface area contributed by atoms with Gasteiger partial charge < -0.3 is 14.4 Å². The maximum absolute atomic E-state index is 13.4. The monoisotopic (exact) mass is 347 g/mol. The maximum atomic E-state index is 13.4. The van der Waals surface area contributed by atoms with E-state index in [1.807, 2.05) is 19.1 Å². The molecule has 1 heterocycles. The van der Waals surface area contributed by atoms with Gasteiger partial charge in [0, 0.05) is 18.2 Å². The van der Waals surface area contributed by atoms with Crippen molar-refractivity contribution in [2.24, 2.45) is 0 Å². The molecule has 0 fully saturated rings. The highest BCUT2D eigenvalue weighted by Crippen LogP contribution is 2.35. The summed E-state index contributed by atoms with van der Waals surface area (Å²) in [5, 5.41) is 0. The van der Waals surface area contributed by atoms with Crippen molar-refractivity contribution in [3.05, 3.63) is 58.7 Å². The summed E-state index contributed by atoms with van der Waals surface area (Å²) < 4.78 is 37.2. The van der Waals surface area contributed by atoms with Crippen LogP contribution in [0.4, 0.5) is 8.78 Å². The SMILES string of the molecule is COc1cc2c(cc1OC)CN(C(=O)c1ccc(F)c(F)c1)C(C)C2. The van der Waals surface area contributed by atoms with E-state index in [0.29, 0.717) is 24.5 Å². The van der Waals surface area contributed by atoms with E-state index in [9.17, 15) is 13.6 Å². The Balaban J connectivity index is 1.92. The van der Waals surface area contributed by atoms with Crippen molar-refractivity contribution >= 4 is 5.91 Å². The molecular weight excluding hydrogens is 328 g/mol. The second-order valence-electron chi connectivity index (χ2n) is 6.09. The van der Waals surface area contributed by atoms with Crippen LogP contribution in [-0.2, 0) is 13.0 Å². The first kappa shape index (κ1) is 17.2. The van der Waals surface area contributed by atoms with Gasteiger partial charge in [-0.15, -0.1) is 0 Å². The van der Waals surface area contributed by atoms with Gasteiger partial charge in [-0.3, -0.25) is 4.79 Å². The fourth-order valence-electron chi connectivity index (χ4n) is 3.14. The van der Waals surface area contributed by atoms with Gasteiger partial charge in [0.25, 0.3) is 5.91 Å². The number of halogens is 2. The van der Waals surface area contributed by atoms with Gasteiger partial charge in [0.05, 0.1) is 14.2 Å². The van der Waals surface area contributed by atoms with Crippen molar-refractivity contribution in [2.75, 3.05) is 14.2 Å². The van der Waals surface area contributed by atoms with Crippen molar-refractivity contribution < 1.29 is 23.0 Å². The standard InChI is InChI=1S/C19H19F2NO3/c1-11-6-13-8-17(24-2)18(25-3)9-14(13)10-22(11)19(23)12-4-5-15(20)16(21)7-12/h4-5,7-9,11H,6,10H2,1-3H3. The molecule has 1 amide bonds. The zero-order chi connectivity index (χ0) is 18.1. The molecule has 1 atom stereocenters. The Labute approximate surface area is 145 Å². The number of nitrogens with zero attached hydrogens (tertiary/aromatic N) is 1. The first-order valence-corrected chi connectivity index (χ1v) is 7.94. The van der Waals surface area contributed by atoms with Crippen LogP contribution in [0.15, 0.2) is 30.3 Å². The van der Waals surface area contributed by atoms with Gasteiger partial charge in [-0.25, -0.2) is 8.78 Å². The fraction of sp³-hybridized carbons (Fsp3) is 0.316. The van der Waals surface area contributed by atoms with E-state index in [2.05, 4.69) is 0 Å². The third-order valence-electron chi connectivity index (χ3n) is 4.52. The molecule has 2 aromatic rings. The number of carbonyl (C=O) groups is 1. The Kier molecular flexibility index (Phi) is 4.61. The summed E-state index contributed by atoms with van der Waals surface area (Å²) in [5.41, 5.74) is 2.17. The summed E-state index contributed by atoms with van der Waals surface area (Å²) in [4.78, 5) is 14.4. The lowest BCUT2D eigenvalue weighted by Crippen LogP contribution is -2.42. The molecule has 3 rings (SSSR count). The summed E-state index contributed by atoms with van der Waals surface area (Å²) in [6, 6.07) is 6.91. The Hall–Kier alpha value is -2.63. The van der Waals surface area contributed by atoms with E-state index >= 15 is 0 Å². The minimum absolute atomic E-state index is 0.0776. The van der Waals surface area contributed by atoms with Gasteiger partial charge >= 0.3 is 0 Å². The van der Waals surface area contributed by atoms with Crippen LogP contribution in [0.5, 0.6) is 11.5 Å². The third-order valence-corrected chi connectivity index (χ3v) is 4.52. The maximum Gasteiger partial charge on any atom is 0.254 e. The van der Waals surface area contributed by atoms with E-state index in [0.717, 1.165) is 23.3 Å². The lowest BCUT2D eigenvalue weighted by molar-refractivity contribution is 0.0657. The molecule has 0 bridgehead atoms. The van der Waals surface area contributed by atoms with E-state index in [4.69, 9.17) is 9.47 Å². The van der Waals surface area contributed by atoms with Gasteiger partial charge in [0.15, 0.2) is 23.1 Å². The lowest BCUT2D eigenvalue weighted by Gasteiger charge is -2.35. The number of hydrogen-bond acceptors (Lipinski definition) is 3. The second-order valence-corrected chi connectivity index (χ2v) is 6.09. The summed E-state index contributed by atoms with van der Waals surface area (Å²) in [6.07, 6.45) is 0.644. The number of methoxy groups -OCH3 is 2. The fourth-order valence-corrected chi connectivity index (χ4v) is 3.14. The topological polar surface area (TPSA) is 38.8 Å². The molecule has 1 aliphatic rings. The van der Waals surface area contributed by atoms with E-state index in [1.54, 1.807) is 19.1 Å². The Bertz CT molecular complexity index is 823. The number of benzene rings is 2. The molecule has 1 unspecified atom stereocenters. The van der Waals surface area contributed by atoms with Crippen molar-refractivity contribution in [3.63, 3.8) is 0 Å². The zero-order valence-corrected chi connectivity index (χ0v) is 14.3. The van der Waals surface area contributed by atoms with Crippen LogP contribution in [0.1, 0.15) is 28.4 Å². The summed E-state index contributed by atoms with van der Waals surface area (Å²) >= 11 is 0. The minimum atomic E-state index is -1.03. The van der Waals surface area contributed by atoms with Gasteiger partial charge in [0.2, 0.25) is 0 Å². The summed E-state index contributed by atoms with van der Waals surface area (Å²) in [5.74, 6) is -1.08. The molecule has 0 radical (unpaired) electrons. The highest BCUT2D eigenvalue weighted by atomic mass is 19.2. The highest BCUT2D eigenvalue weighted by molar-refractivity contribution is 5.94. The van der Waals surface area contributed by atoms with Crippen molar-refractivity contribution in [1.29, 1.82) is 0 Å². The molecule has 0 N–H and O–H groups in total. The first-order valence-electron chi connectivity index (χ1n) is 7.94. The van der Waals surface area contributed by atoms with Gasteiger partial charge in [-0.2, -0.15) is 0 Å². The number of hydrogen-bond donors (Lipinski definition) is 0. The predicted octanol–water partition coefficient (Wildman–Crippen LogP) is 3.57. The lowest BCUT2D eigenvalue weighted by atomic mass is 9.93. The van der Waals surface area contributed by atoms with Crippen LogP contribution < -0.4 is 9.47 Å². The molecule has 0 aliphatic carbocycles. The average Bonchev–Trinajstić information content (AvgIpc) is 2.61. The molecular formula is C19H19F2NO3. The minimum Gasteiger partial charge on any atom is -0.493 e. The zero-order valence-electron chi connectivity index (χ0n) is 14.3. The van der Waals surface area contributed by atoms with Crippen LogP contribution in [0.2, 0.25) is 0 Å². The molecule has 0 saturated heterocycles. The molecule has 0 saturated carbocycles. The molecule has 1 aliphatic heterocycles. The van der Waals surface area contributed by atoms with Crippen LogP contribution in [0, 0.1) is 11.6 Å². The van der Waals surface area contributed by atoms with E-state index in [-0.39, 0.29) is 17.5 Å². The van der Waals surface area contributed by atoms with Crippen LogP contribution in [0.3, 0.4) is 0 Å². The average molecular weight is 347 g/mol. The van der Waals surface area contributed by atoms with Crippen LogP contribution in [-0.4, -0.2) is 31.1 Å². The van der Waals surface area contributed by atoms with Crippen molar-refractivity contribution in [3.8, 4) is 11.5 Å². The molecule has 0 spiro atoms. The van der Waals surface area contributed by atoms with Crippen LogP contribution >= 0.6 is 0 Å². The van der Waals surface area contributed by atoms with Gasteiger partial charge in [-0.05, 0) is 54.8 Å². The smallest absolute Gasteiger partial charge is 0.254 e. The molecule has 132 valence electrons. The number of ether oxygens (including phenoxy) is 2. The molecule has 2 aromatic carbocycles. The van der Waals surface area contributed by atoms with Gasteiger partial charge in [0.1, 0.15) is 0 Å². The van der Waals surface area contributed by atoms with E-state index < -0.39 is 11.6 Å². The third kappa shape index (κ3) is 3.16. The predicted molar refractivity (Wildman–Crippen MR) is 88.9 cm³/mol. The largest absolute Gasteiger partial charge is 0.493 e. The second kappa shape index (κ2) is 6.70. The first-order chi connectivity index (χ1) is 11.9. The number of fused-ring (bicyclic) bond motifs is 1. The molecule has 4 nitrogen and oxygen atoms in total. The Morgan fingerprint density at radius 2 is 1.68 bits per heavy atom.